The molecule has 1 N–H and O–H groups in total. The lowest BCUT2D eigenvalue weighted by Gasteiger charge is -2.24. The Morgan fingerprint density at radius 2 is 1.75 bits per heavy atom. The first-order valence-corrected chi connectivity index (χ1v) is 9.01. The number of nitrogens with one attached hydrogen (secondary N) is 1. The number of carbonyl (C=O) groups excluding carboxylic acids is 1. The summed E-state index contributed by atoms with van der Waals surface area (Å²) in [5, 5.41) is 6.36. The van der Waals surface area contributed by atoms with Gasteiger partial charge in [0.05, 0.1) is 5.69 Å². The molecule has 1 aliphatic rings. The zero-order valence-electron chi connectivity index (χ0n) is 11.4. The highest BCUT2D eigenvalue weighted by atomic mass is 35.7. The van der Waals surface area contributed by atoms with Crippen LogP contribution in [0.5, 0.6) is 0 Å². The van der Waals surface area contributed by atoms with Crippen LogP contribution < -0.4 is 0 Å². The van der Waals surface area contributed by atoms with Crippen molar-refractivity contribution in [1.29, 1.82) is 0 Å². The van der Waals surface area contributed by atoms with E-state index in [9.17, 15) is 13.2 Å². The Bertz CT molecular complexity index is 589. The molecular formula is C12H18ClN3O3S. The van der Waals surface area contributed by atoms with E-state index in [-0.39, 0.29) is 22.2 Å². The van der Waals surface area contributed by atoms with Crippen molar-refractivity contribution in [2.24, 2.45) is 0 Å². The highest BCUT2D eigenvalue weighted by Gasteiger charge is 2.29. The molecule has 0 atom stereocenters. The third kappa shape index (κ3) is 3.32. The van der Waals surface area contributed by atoms with E-state index in [1.807, 2.05) is 0 Å². The summed E-state index contributed by atoms with van der Waals surface area (Å²) in [4.78, 5) is 13.9. The summed E-state index contributed by atoms with van der Waals surface area (Å²) >= 11 is 0. The summed E-state index contributed by atoms with van der Waals surface area (Å²) in [7, 11) is 1.40. The average molecular weight is 320 g/mol. The third-order valence-corrected chi connectivity index (χ3v) is 4.93. The topological polar surface area (TPSA) is 83.1 Å². The van der Waals surface area contributed by atoms with Gasteiger partial charge in [-0.2, -0.15) is 5.10 Å². The van der Waals surface area contributed by atoms with Gasteiger partial charge in [-0.15, -0.1) is 0 Å². The van der Waals surface area contributed by atoms with Crippen molar-refractivity contribution >= 4 is 25.6 Å². The van der Waals surface area contributed by atoms with Crippen molar-refractivity contribution < 1.29 is 13.2 Å². The van der Waals surface area contributed by atoms with E-state index in [0.717, 1.165) is 25.7 Å². The second-order valence-corrected chi connectivity index (χ2v) is 7.53. The van der Waals surface area contributed by atoms with Crippen molar-refractivity contribution in [1.82, 2.24) is 15.1 Å². The van der Waals surface area contributed by atoms with E-state index < -0.39 is 9.05 Å². The van der Waals surface area contributed by atoms with E-state index in [1.165, 1.54) is 13.3 Å². The summed E-state index contributed by atoms with van der Waals surface area (Å²) in [6.07, 6.45) is 5.22. The summed E-state index contributed by atoms with van der Waals surface area (Å²) in [6.45, 7) is 2.80. The summed E-state index contributed by atoms with van der Waals surface area (Å²) in [5.74, 6) is -0.365. The van der Waals surface area contributed by atoms with Crippen LogP contribution >= 0.6 is 10.7 Å². The van der Waals surface area contributed by atoms with Crippen LogP contribution in [-0.2, 0) is 9.05 Å². The minimum Gasteiger partial charge on any atom is -0.337 e. The first-order valence-electron chi connectivity index (χ1n) is 6.70. The van der Waals surface area contributed by atoms with Crippen molar-refractivity contribution in [2.75, 3.05) is 13.1 Å². The number of hydrogen-bond acceptors (Lipinski definition) is 4. The molecule has 0 unspecified atom stereocenters. The number of likely N-dealkylation sites (tertiary alicyclic amines) is 1. The molecule has 0 bridgehead atoms. The molecule has 0 saturated carbocycles. The molecule has 1 saturated heterocycles. The maximum absolute atomic E-state index is 12.5. The third-order valence-electron chi connectivity index (χ3n) is 3.48. The van der Waals surface area contributed by atoms with Gasteiger partial charge in [-0.25, -0.2) is 8.42 Å². The number of rotatable bonds is 2. The van der Waals surface area contributed by atoms with Crippen LogP contribution in [0.15, 0.2) is 4.90 Å². The lowest BCUT2D eigenvalue weighted by Crippen LogP contribution is -2.34. The van der Waals surface area contributed by atoms with Gasteiger partial charge in [0.1, 0.15) is 4.90 Å². The van der Waals surface area contributed by atoms with Crippen LogP contribution in [0.3, 0.4) is 0 Å². The van der Waals surface area contributed by atoms with Crippen molar-refractivity contribution in [3.63, 3.8) is 0 Å². The second-order valence-electron chi connectivity index (χ2n) is 5.02. The van der Waals surface area contributed by atoms with Gasteiger partial charge in [-0.3, -0.25) is 9.89 Å². The van der Waals surface area contributed by atoms with Gasteiger partial charge in [0, 0.05) is 23.8 Å². The van der Waals surface area contributed by atoms with Crippen LogP contribution in [0.25, 0.3) is 0 Å². The van der Waals surface area contributed by atoms with Gasteiger partial charge in [0.15, 0.2) is 5.69 Å². The molecule has 0 radical (unpaired) electrons. The minimum absolute atomic E-state index is 0.0990. The number of amides is 1. The Labute approximate surface area is 122 Å². The molecule has 1 aromatic rings. The molecule has 20 heavy (non-hydrogen) atoms. The van der Waals surface area contributed by atoms with Crippen LogP contribution in [-0.4, -0.2) is 42.5 Å². The van der Waals surface area contributed by atoms with Gasteiger partial charge < -0.3 is 4.90 Å². The fourth-order valence-electron chi connectivity index (χ4n) is 2.46. The minimum atomic E-state index is -3.99. The Kier molecular flexibility index (Phi) is 4.70. The standard InChI is InChI=1S/C12H18ClN3O3S/c1-9-11(20(13,18)19)10(15-14-9)12(17)16-7-5-3-2-4-6-8-16/h2-8H2,1H3,(H,14,15). The van der Waals surface area contributed by atoms with Gasteiger partial charge in [0.25, 0.3) is 15.0 Å². The van der Waals surface area contributed by atoms with Crippen LogP contribution in [0.1, 0.15) is 48.3 Å². The number of H-pyrrole nitrogens is 1. The monoisotopic (exact) mass is 319 g/mol. The number of hydrogen-bond donors (Lipinski definition) is 1. The molecule has 1 aliphatic heterocycles. The molecule has 0 aliphatic carbocycles. The fourth-order valence-corrected chi connectivity index (χ4v) is 3.80. The van der Waals surface area contributed by atoms with E-state index in [4.69, 9.17) is 10.7 Å². The maximum atomic E-state index is 12.5. The van der Waals surface area contributed by atoms with E-state index in [1.54, 1.807) is 4.90 Å². The molecule has 8 heteroatoms. The predicted molar refractivity (Wildman–Crippen MR) is 75.4 cm³/mol. The number of nitrogens with zero attached hydrogens (tertiary/aromatic N) is 2. The second kappa shape index (κ2) is 6.13. The van der Waals surface area contributed by atoms with Crippen molar-refractivity contribution in [2.45, 2.75) is 43.9 Å². The molecule has 0 aromatic carbocycles. The van der Waals surface area contributed by atoms with Crippen LogP contribution in [0.2, 0.25) is 0 Å². The van der Waals surface area contributed by atoms with Crippen molar-refractivity contribution in [3.8, 4) is 0 Å². The number of halogens is 1. The number of aryl methyl sites for hydroxylation is 1. The quantitative estimate of drug-likeness (QED) is 0.846. The van der Waals surface area contributed by atoms with E-state index >= 15 is 0 Å². The normalized spacial score (nSPS) is 17.6. The Morgan fingerprint density at radius 3 is 2.30 bits per heavy atom. The van der Waals surface area contributed by atoms with E-state index in [0.29, 0.717) is 13.1 Å². The highest BCUT2D eigenvalue weighted by Crippen LogP contribution is 2.23. The summed E-state index contributed by atoms with van der Waals surface area (Å²) < 4.78 is 23.2. The smallest absolute Gasteiger partial charge is 0.275 e. The molecule has 0 spiro atoms. The Balaban J connectivity index is 2.29. The Morgan fingerprint density at radius 1 is 1.20 bits per heavy atom. The molecule has 112 valence electrons. The van der Waals surface area contributed by atoms with Crippen LogP contribution in [0.4, 0.5) is 0 Å². The first kappa shape index (κ1) is 15.3. The van der Waals surface area contributed by atoms with Gasteiger partial charge in [-0.1, -0.05) is 19.3 Å². The van der Waals surface area contributed by atoms with Crippen LogP contribution in [0, 0.1) is 6.92 Å². The molecule has 1 amide bonds. The number of aromatic amines is 1. The van der Waals surface area contributed by atoms with E-state index in [2.05, 4.69) is 10.2 Å². The predicted octanol–water partition coefficient (Wildman–Crippen LogP) is 2.05. The number of carbonyl (C=O) groups is 1. The maximum Gasteiger partial charge on any atom is 0.275 e. The molecule has 6 nitrogen and oxygen atoms in total. The first-order chi connectivity index (χ1) is 9.41. The lowest BCUT2D eigenvalue weighted by atomic mass is 10.1. The molecule has 2 heterocycles. The average Bonchev–Trinajstić information content (AvgIpc) is 2.69. The summed E-state index contributed by atoms with van der Waals surface area (Å²) in [6, 6.07) is 0. The SMILES string of the molecule is Cc1[nH]nc(C(=O)N2CCCCCCC2)c1S(=O)(=O)Cl. The zero-order chi connectivity index (χ0) is 14.8. The molecule has 1 aromatic heterocycles. The summed E-state index contributed by atoms with van der Waals surface area (Å²) in [5.41, 5.74) is 0.188. The van der Waals surface area contributed by atoms with Gasteiger partial charge in [0.2, 0.25) is 0 Å². The fraction of sp³-hybridized carbons (Fsp3) is 0.667. The van der Waals surface area contributed by atoms with Crippen molar-refractivity contribution in [3.05, 3.63) is 11.4 Å². The zero-order valence-corrected chi connectivity index (χ0v) is 12.9. The number of aromatic nitrogens is 2. The molecule has 1 fully saturated rings. The molecular weight excluding hydrogens is 302 g/mol. The van der Waals surface area contributed by atoms with Gasteiger partial charge >= 0.3 is 0 Å². The highest BCUT2D eigenvalue weighted by molar-refractivity contribution is 8.13. The molecule has 2 rings (SSSR count). The Hall–Kier alpha value is -1.08. The largest absolute Gasteiger partial charge is 0.337 e. The lowest BCUT2D eigenvalue weighted by molar-refractivity contribution is 0.0732. The van der Waals surface area contributed by atoms with Gasteiger partial charge in [-0.05, 0) is 19.8 Å².